The first-order chi connectivity index (χ1) is 10.1. The van der Waals surface area contributed by atoms with Crippen LogP contribution >= 0.6 is 0 Å². The van der Waals surface area contributed by atoms with Gasteiger partial charge >= 0.3 is 6.03 Å². The van der Waals surface area contributed by atoms with Gasteiger partial charge in [-0.1, -0.05) is 18.2 Å². The molecule has 0 saturated carbocycles. The third-order valence-corrected chi connectivity index (χ3v) is 2.88. The molecule has 0 fully saturated rings. The predicted octanol–water partition coefficient (Wildman–Crippen LogP) is 2.14. The molecule has 6 heteroatoms. The van der Waals surface area contributed by atoms with Gasteiger partial charge in [-0.2, -0.15) is 5.10 Å². The third-order valence-electron chi connectivity index (χ3n) is 2.88. The van der Waals surface area contributed by atoms with E-state index in [0.717, 1.165) is 6.42 Å². The largest absolute Gasteiger partial charge is 0.339 e. The van der Waals surface area contributed by atoms with Gasteiger partial charge in [-0.3, -0.25) is 4.79 Å². The molecule has 1 aromatic carbocycles. The highest BCUT2D eigenvalue weighted by Gasteiger charge is 2.07. The number of nitrogens with zero attached hydrogens (tertiary/aromatic N) is 1. The highest BCUT2D eigenvalue weighted by molar-refractivity contribution is 5.89. The minimum absolute atomic E-state index is 0.145. The third kappa shape index (κ3) is 7.84. The van der Waals surface area contributed by atoms with E-state index < -0.39 is 0 Å². The molecule has 1 atom stereocenters. The molecule has 1 rings (SSSR count). The van der Waals surface area contributed by atoms with Crippen molar-refractivity contribution in [1.82, 2.24) is 10.7 Å². The van der Waals surface area contributed by atoms with Crippen molar-refractivity contribution in [2.24, 2.45) is 5.10 Å². The van der Waals surface area contributed by atoms with Gasteiger partial charge < -0.3 is 10.6 Å². The second-order valence-corrected chi connectivity index (χ2v) is 4.71. The summed E-state index contributed by atoms with van der Waals surface area (Å²) in [5.74, 6) is 0.159. The van der Waals surface area contributed by atoms with Gasteiger partial charge in [0.15, 0.2) is 0 Å². The summed E-state index contributed by atoms with van der Waals surface area (Å²) in [6.07, 6.45) is 3.62. The van der Waals surface area contributed by atoms with E-state index in [-0.39, 0.29) is 17.9 Å². The molecule has 1 aromatic rings. The molecule has 0 aromatic heterocycles. The van der Waals surface area contributed by atoms with Crippen molar-refractivity contribution in [2.45, 2.75) is 32.2 Å². The number of amides is 2. The number of urea groups is 1. The van der Waals surface area contributed by atoms with E-state index in [1.54, 1.807) is 25.3 Å². The average molecular weight is 290 g/mol. The van der Waals surface area contributed by atoms with Crippen molar-refractivity contribution in [3.05, 3.63) is 30.3 Å². The fourth-order valence-electron chi connectivity index (χ4n) is 1.82. The Morgan fingerprint density at radius 1 is 1.29 bits per heavy atom. The molecule has 0 heterocycles. The maximum atomic E-state index is 11.5. The van der Waals surface area contributed by atoms with Crippen molar-refractivity contribution in [1.29, 1.82) is 0 Å². The van der Waals surface area contributed by atoms with E-state index in [9.17, 15) is 9.59 Å². The molecule has 0 radical (unpaired) electrons. The average Bonchev–Trinajstić information content (AvgIpc) is 2.46. The molecule has 6 nitrogen and oxygen atoms in total. The number of carbonyl (C=O) groups excluding carboxylic acids is 2. The molecule has 0 aliphatic carbocycles. The van der Waals surface area contributed by atoms with Crippen LogP contribution < -0.4 is 16.1 Å². The Balaban J connectivity index is 2.22. The number of hydrogen-bond donors (Lipinski definition) is 3. The highest BCUT2D eigenvalue weighted by atomic mass is 16.2. The zero-order valence-corrected chi connectivity index (χ0v) is 12.4. The lowest BCUT2D eigenvalue weighted by molar-refractivity contribution is -0.117. The normalized spacial score (nSPS) is 12.1. The summed E-state index contributed by atoms with van der Waals surface area (Å²) < 4.78 is 0. The molecule has 0 aliphatic heterocycles. The molecule has 0 spiro atoms. The van der Waals surface area contributed by atoms with Crippen LogP contribution in [0.15, 0.2) is 35.4 Å². The number of hydrazone groups is 1. The second-order valence-electron chi connectivity index (χ2n) is 4.71. The standard InChI is InChI=1S/C15H22N4O2/c1-12(20)11-14(16-2)9-6-10-17-19-15(21)18-13-7-4-3-5-8-13/h3-5,7-8,10,14,16H,6,9,11H2,1-2H3,(H2,18,19,21)/b17-10-/t14-/m0/s1. The van der Waals surface area contributed by atoms with Crippen LogP contribution in [0.2, 0.25) is 0 Å². The number of hydrogen-bond acceptors (Lipinski definition) is 4. The SMILES string of the molecule is CN[C@@H](CC/C=N\NC(=O)Nc1ccccc1)CC(C)=O. The number of rotatable bonds is 8. The van der Waals surface area contributed by atoms with E-state index in [1.165, 1.54) is 0 Å². The maximum absolute atomic E-state index is 11.5. The monoisotopic (exact) mass is 290 g/mol. The lowest BCUT2D eigenvalue weighted by Gasteiger charge is -2.12. The Labute approximate surface area is 125 Å². The number of benzene rings is 1. The minimum Gasteiger partial charge on any atom is -0.317 e. The lowest BCUT2D eigenvalue weighted by atomic mass is 10.1. The number of anilines is 1. The molecule has 3 N–H and O–H groups in total. The van der Waals surface area contributed by atoms with Crippen molar-refractivity contribution >= 4 is 23.7 Å². The van der Waals surface area contributed by atoms with Crippen LogP contribution in [0.25, 0.3) is 0 Å². The summed E-state index contributed by atoms with van der Waals surface area (Å²) in [5.41, 5.74) is 3.11. The van der Waals surface area contributed by atoms with Crippen LogP contribution in [-0.2, 0) is 4.79 Å². The summed E-state index contributed by atoms with van der Waals surface area (Å²) in [6.45, 7) is 1.58. The molecule has 114 valence electrons. The van der Waals surface area contributed by atoms with Crippen molar-refractivity contribution < 1.29 is 9.59 Å². The predicted molar refractivity (Wildman–Crippen MR) is 84.5 cm³/mol. The van der Waals surface area contributed by atoms with Crippen molar-refractivity contribution in [2.75, 3.05) is 12.4 Å². The molecule has 0 bridgehead atoms. The Kier molecular flexibility index (Phi) is 7.74. The first kappa shape index (κ1) is 16.8. The Morgan fingerprint density at radius 3 is 2.62 bits per heavy atom. The number of carbonyl (C=O) groups is 2. The van der Waals surface area contributed by atoms with Crippen LogP contribution in [0.4, 0.5) is 10.5 Å². The summed E-state index contributed by atoms with van der Waals surface area (Å²) in [7, 11) is 1.83. The van der Waals surface area contributed by atoms with Gasteiger partial charge in [0.25, 0.3) is 0 Å². The topological polar surface area (TPSA) is 82.6 Å². The van der Waals surface area contributed by atoms with Crippen LogP contribution in [0, 0.1) is 0 Å². The molecular formula is C15H22N4O2. The van der Waals surface area contributed by atoms with Gasteiger partial charge in [-0.15, -0.1) is 0 Å². The summed E-state index contributed by atoms with van der Waals surface area (Å²) in [4.78, 5) is 22.5. The zero-order valence-electron chi connectivity index (χ0n) is 12.4. The smallest absolute Gasteiger partial charge is 0.317 e. The van der Waals surface area contributed by atoms with Gasteiger partial charge in [0.2, 0.25) is 0 Å². The number of para-hydroxylation sites is 1. The zero-order chi connectivity index (χ0) is 15.5. The van der Waals surface area contributed by atoms with Gasteiger partial charge in [0, 0.05) is 24.4 Å². The molecular weight excluding hydrogens is 268 g/mol. The molecule has 0 unspecified atom stereocenters. The number of Topliss-reactive ketones (excluding diaryl/α,β-unsaturated/α-hetero) is 1. The first-order valence-corrected chi connectivity index (χ1v) is 6.92. The Hall–Kier alpha value is -2.21. The maximum Gasteiger partial charge on any atom is 0.339 e. The lowest BCUT2D eigenvalue weighted by Crippen LogP contribution is -2.27. The molecule has 0 saturated heterocycles. The van der Waals surface area contributed by atoms with E-state index >= 15 is 0 Å². The quantitative estimate of drug-likeness (QED) is 0.507. The molecule has 21 heavy (non-hydrogen) atoms. The Bertz CT molecular complexity index is 474. The van der Waals surface area contributed by atoms with Crippen molar-refractivity contribution in [3.8, 4) is 0 Å². The minimum atomic E-state index is -0.383. The van der Waals surface area contributed by atoms with Gasteiger partial charge in [-0.25, -0.2) is 10.2 Å². The number of ketones is 1. The molecule has 0 aliphatic rings. The summed E-state index contributed by atoms with van der Waals surface area (Å²) >= 11 is 0. The van der Waals surface area contributed by atoms with Gasteiger partial charge in [-0.05, 0) is 38.9 Å². The van der Waals surface area contributed by atoms with Gasteiger partial charge in [0.05, 0.1) is 0 Å². The first-order valence-electron chi connectivity index (χ1n) is 6.92. The van der Waals surface area contributed by atoms with Crippen LogP contribution in [-0.4, -0.2) is 31.1 Å². The van der Waals surface area contributed by atoms with Crippen LogP contribution in [0.5, 0.6) is 0 Å². The fourth-order valence-corrected chi connectivity index (χ4v) is 1.82. The molecule has 2 amide bonds. The summed E-state index contributed by atoms with van der Waals surface area (Å²) in [6, 6.07) is 8.90. The van der Waals surface area contributed by atoms with Gasteiger partial charge in [0.1, 0.15) is 5.78 Å². The van der Waals surface area contributed by atoms with Crippen LogP contribution in [0.3, 0.4) is 0 Å². The van der Waals surface area contributed by atoms with E-state index in [4.69, 9.17) is 0 Å². The fraction of sp³-hybridized carbons (Fsp3) is 0.400. The van der Waals surface area contributed by atoms with E-state index in [1.807, 2.05) is 25.2 Å². The van der Waals surface area contributed by atoms with Crippen LogP contribution in [0.1, 0.15) is 26.2 Å². The Morgan fingerprint density at radius 2 is 2.00 bits per heavy atom. The second kappa shape index (κ2) is 9.66. The highest BCUT2D eigenvalue weighted by Crippen LogP contribution is 2.04. The van der Waals surface area contributed by atoms with Crippen molar-refractivity contribution in [3.63, 3.8) is 0 Å². The number of nitrogens with one attached hydrogen (secondary N) is 3. The van der Waals surface area contributed by atoms with E-state index in [0.29, 0.717) is 18.5 Å². The summed E-state index contributed by atoms with van der Waals surface area (Å²) in [5, 5.41) is 9.59. The van der Waals surface area contributed by atoms with E-state index in [2.05, 4.69) is 21.2 Å².